The van der Waals surface area contributed by atoms with Gasteiger partial charge in [-0.15, -0.1) is 0 Å². The highest BCUT2D eigenvalue weighted by Gasteiger charge is 2.12. The van der Waals surface area contributed by atoms with Gasteiger partial charge in [-0.05, 0) is 49.7 Å². The van der Waals surface area contributed by atoms with Gasteiger partial charge in [0.05, 0.1) is 5.69 Å². The van der Waals surface area contributed by atoms with E-state index in [1.807, 2.05) is 50.2 Å². The molecule has 0 atom stereocenters. The quantitative estimate of drug-likeness (QED) is 0.477. The van der Waals surface area contributed by atoms with Gasteiger partial charge < -0.3 is 10.4 Å². The van der Waals surface area contributed by atoms with Crippen LogP contribution >= 0.6 is 12.2 Å². The van der Waals surface area contributed by atoms with Gasteiger partial charge in [-0.2, -0.15) is 0 Å². The van der Waals surface area contributed by atoms with Crippen LogP contribution in [0.5, 0.6) is 5.75 Å². The Morgan fingerprint density at radius 3 is 2.40 bits per heavy atom. The number of thiocarbonyl (C=S) groups is 1. The Morgan fingerprint density at radius 1 is 1.00 bits per heavy atom. The van der Waals surface area contributed by atoms with Crippen LogP contribution in [0.1, 0.15) is 21.5 Å². The van der Waals surface area contributed by atoms with E-state index in [0.29, 0.717) is 11.3 Å². The largest absolute Gasteiger partial charge is 0.506 e. The van der Waals surface area contributed by atoms with Gasteiger partial charge in [0, 0.05) is 10.9 Å². The fraction of sp³-hybridized carbons (Fsp3) is 0.100. The summed E-state index contributed by atoms with van der Waals surface area (Å²) in [5, 5.41) is 17.7. The van der Waals surface area contributed by atoms with Crippen molar-refractivity contribution in [2.75, 3.05) is 5.32 Å². The lowest BCUT2D eigenvalue weighted by atomic mass is 10.1. The molecule has 25 heavy (non-hydrogen) atoms. The van der Waals surface area contributed by atoms with E-state index < -0.39 is 0 Å². The summed E-state index contributed by atoms with van der Waals surface area (Å²) in [5.74, 6) is -0.217. The Bertz CT molecular complexity index is 962. The molecular weight excluding hydrogens is 332 g/mol. The molecule has 0 radical (unpaired) electrons. The first-order valence-corrected chi connectivity index (χ1v) is 8.26. The number of phenolic OH excluding ortho intramolecular Hbond substituents is 1. The van der Waals surface area contributed by atoms with Crippen molar-refractivity contribution in [2.24, 2.45) is 0 Å². The van der Waals surface area contributed by atoms with Gasteiger partial charge >= 0.3 is 0 Å². The summed E-state index contributed by atoms with van der Waals surface area (Å²) >= 11 is 5.25. The minimum absolute atomic E-state index is 0.0710. The normalized spacial score (nSPS) is 10.5. The Labute approximate surface area is 151 Å². The minimum Gasteiger partial charge on any atom is -0.506 e. The molecule has 0 unspecified atom stereocenters. The molecule has 0 aliphatic rings. The van der Waals surface area contributed by atoms with Gasteiger partial charge in [-0.1, -0.05) is 47.5 Å². The molecule has 0 aliphatic heterocycles. The number of hydrogen-bond acceptors (Lipinski definition) is 3. The van der Waals surface area contributed by atoms with Gasteiger partial charge in [0.2, 0.25) is 0 Å². The van der Waals surface area contributed by atoms with Gasteiger partial charge in [0.25, 0.3) is 5.91 Å². The van der Waals surface area contributed by atoms with E-state index in [1.54, 1.807) is 18.2 Å². The zero-order valence-corrected chi connectivity index (χ0v) is 14.8. The highest BCUT2D eigenvalue weighted by molar-refractivity contribution is 7.80. The molecule has 0 saturated heterocycles. The van der Waals surface area contributed by atoms with E-state index >= 15 is 0 Å². The van der Waals surface area contributed by atoms with Crippen molar-refractivity contribution in [1.82, 2.24) is 5.32 Å². The maximum atomic E-state index is 12.4. The van der Waals surface area contributed by atoms with Gasteiger partial charge in [0.15, 0.2) is 5.11 Å². The van der Waals surface area contributed by atoms with E-state index in [0.717, 1.165) is 21.9 Å². The SMILES string of the molecule is Cc1cc(C)cc(C(=O)NC(=S)Nc2c(O)ccc3ccccc23)c1. The topological polar surface area (TPSA) is 61.4 Å². The van der Waals surface area contributed by atoms with Gasteiger partial charge in [0.1, 0.15) is 5.75 Å². The van der Waals surface area contributed by atoms with Crippen molar-refractivity contribution < 1.29 is 9.90 Å². The molecule has 0 spiro atoms. The number of amides is 1. The number of hydrogen-bond donors (Lipinski definition) is 3. The molecule has 126 valence electrons. The third-order valence-corrected chi connectivity index (χ3v) is 4.06. The lowest BCUT2D eigenvalue weighted by Gasteiger charge is -2.14. The molecule has 0 aliphatic carbocycles. The van der Waals surface area contributed by atoms with Gasteiger partial charge in [-0.3, -0.25) is 10.1 Å². The number of benzene rings is 3. The molecule has 3 N–H and O–H groups in total. The first-order chi connectivity index (χ1) is 11.9. The Morgan fingerprint density at radius 2 is 1.68 bits per heavy atom. The van der Waals surface area contributed by atoms with Crippen LogP contribution < -0.4 is 10.6 Å². The van der Waals surface area contributed by atoms with Crippen LogP contribution in [-0.4, -0.2) is 16.1 Å². The summed E-state index contributed by atoms with van der Waals surface area (Å²) in [6.45, 7) is 3.88. The molecule has 3 aromatic carbocycles. The molecule has 3 rings (SSSR count). The summed E-state index contributed by atoms with van der Waals surface area (Å²) in [7, 11) is 0. The number of carbonyl (C=O) groups excluding carboxylic acids is 1. The van der Waals surface area contributed by atoms with Crippen LogP contribution in [-0.2, 0) is 0 Å². The molecule has 0 aromatic heterocycles. The smallest absolute Gasteiger partial charge is 0.257 e. The van der Waals surface area contributed by atoms with E-state index in [9.17, 15) is 9.90 Å². The third-order valence-electron chi connectivity index (χ3n) is 3.86. The number of aromatic hydroxyl groups is 1. The Kier molecular flexibility index (Phi) is 4.67. The van der Waals surface area contributed by atoms with Crippen LogP contribution in [0.3, 0.4) is 0 Å². The molecular formula is C20H18N2O2S. The highest BCUT2D eigenvalue weighted by Crippen LogP contribution is 2.32. The Hall–Kier alpha value is -2.92. The molecule has 1 amide bonds. The third kappa shape index (κ3) is 3.78. The maximum Gasteiger partial charge on any atom is 0.257 e. The molecule has 3 aromatic rings. The predicted molar refractivity (Wildman–Crippen MR) is 105 cm³/mol. The fourth-order valence-corrected chi connectivity index (χ4v) is 3.01. The molecule has 5 heteroatoms. The molecule has 0 saturated carbocycles. The lowest BCUT2D eigenvalue weighted by molar-refractivity contribution is 0.0977. The minimum atomic E-state index is -0.288. The number of fused-ring (bicyclic) bond motifs is 1. The van der Waals surface area contributed by atoms with Crippen LogP contribution in [0, 0.1) is 13.8 Å². The zero-order valence-electron chi connectivity index (χ0n) is 14.0. The highest BCUT2D eigenvalue weighted by atomic mass is 32.1. The first-order valence-electron chi connectivity index (χ1n) is 7.85. The number of nitrogens with one attached hydrogen (secondary N) is 2. The molecule has 0 heterocycles. The van der Waals surface area contributed by atoms with Crippen molar-refractivity contribution in [3.8, 4) is 5.75 Å². The van der Waals surface area contributed by atoms with Gasteiger partial charge in [-0.25, -0.2) is 0 Å². The standard InChI is InChI=1S/C20H18N2O2S/c1-12-9-13(2)11-15(10-12)19(24)22-20(25)21-18-16-6-4-3-5-14(16)7-8-17(18)23/h3-11,23H,1-2H3,(H2,21,22,24,25). The van der Waals surface area contributed by atoms with Crippen molar-refractivity contribution in [2.45, 2.75) is 13.8 Å². The van der Waals surface area contributed by atoms with Crippen LogP contribution in [0.4, 0.5) is 5.69 Å². The van der Waals surface area contributed by atoms with Crippen molar-refractivity contribution >= 4 is 39.7 Å². The zero-order chi connectivity index (χ0) is 18.0. The summed E-state index contributed by atoms with van der Waals surface area (Å²) in [6.07, 6.45) is 0. The molecule has 0 bridgehead atoms. The van der Waals surface area contributed by atoms with E-state index in [4.69, 9.17) is 12.2 Å². The molecule has 0 fully saturated rings. The van der Waals surface area contributed by atoms with Crippen molar-refractivity contribution in [3.63, 3.8) is 0 Å². The molecule has 4 nitrogen and oxygen atoms in total. The number of rotatable bonds is 2. The number of carbonyl (C=O) groups is 1. The number of aryl methyl sites for hydroxylation is 2. The summed E-state index contributed by atoms with van der Waals surface area (Å²) in [5.41, 5.74) is 3.04. The Balaban J connectivity index is 1.81. The average Bonchev–Trinajstić information content (AvgIpc) is 2.56. The predicted octanol–water partition coefficient (Wildman–Crippen LogP) is 4.29. The second kappa shape index (κ2) is 6.91. The second-order valence-corrected chi connectivity index (χ2v) is 6.37. The lowest BCUT2D eigenvalue weighted by Crippen LogP contribution is -2.34. The second-order valence-electron chi connectivity index (χ2n) is 5.97. The number of phenols is 1. The number of anilines is 1. The summed E-state index contributed by atoms with van der Waals surface area (Å²) in [6, 6.07) is 16.7. The van der Waals surface area contributed by atoms with Crippen molar-refractivity contribution in [1.29, 1.82) is 0 Å². The van der Waals surface area contributed by atoms with E-state index in [-0.39, 0.29) is 16.8 Å². The monoisotopic (exact) mass is 350 g/mol. The van der Waals surface area contributed by atoms with E-state index in [2.05, 4.69) is 10.6 Å². The first kappa shape index (κ1) is 16.9. The average molecular weight is 350 g/mol. The van der Waals surface area contributed by atoms with Crippen LogP contribution in [0.2, 0.25) is 0 Å². The van der Waals surface area contributed by atoms with Crippen molar-refractivity contribution in [3.05, 3.63) is 71.3 Å². The van der Waals surface area contributed by atoms with Crippen LogP contribution in [0.15, 0.2) is 54.6 Å². The van der Waals surface area contributed by atoms with Crippen LogP contribution in [0.25, 0.3) is 10.8 Å². The maximum absolute atomic E-state index is 12.4. The summed E-state index contributed by atoms with van der Waals surface area (Å²) < 4.78 is 0. The fourth-order valence-electron chi connectivity index (χ4n) is 2.82. The summed E-state index contributed by atoms with van der Waals surface area (Å²) in [4.78, 5) is 12.4. The van der Waals surface area contributed by atoms with E-state index in [1.165, 1.54) is 0 Å².